The van der Waals surface area contributed by atoms with Gasteiger partial charge in [-0.3, -0.25) is 9.59 Å². The second kappa shape index (κ2) is 12.4. The van der Waals surface area contributed by atoms with Crippen molar-refractivity contribution in [1.82, 2.24) is 4.72 Å². The lowest BCUT2D eigenvalue weighted by Gasteiger charge is -2.21. The molecule has 0 fully saturated rings. The molecule has 0 spiro atoms. The fourth-order valence-corrected chi connectivity index (χ4v) is 5.90. The molecule has 0 aromatic heterocycles. The molecular weight excluding hydrogens is 502 g/mol. The van der Waals surface area contributed by atoms with Crippen LogP contribution < -0.4 is 14.2 Å². The molecule has 8 heteroatoms. The Morgan fingerprint density at radius 3 is 2.42 bits per heavy atom. The Morgan fingerprint density at radius 2 is 1.68 bits per heavy atom. The van der Waals surface area contributed by atoms with Crippen LogP contribution in [0, 0.1) is 0 Å². The Kier molecular flexibility index (Phi) is 8.97. The number of nitrogens with one attached hydrogen (secondary N) is 1. The minimum atomic E-state index is -4.01. The van der Waals surface area contributed by atoms with Crippen molar-refractivity contribution in [2.75, 3.05) is 13.2 Å². The summed E-state index contributed by atoms with van der Waals surface area (Å²) >= 11 is 0. The molecule has 0 bridgehead atoms. The van der Waals surface area contributed by atoms with Crippen molar-refractivity contribution in [2.24, 2.45) is 0 Å². The first-order valence-corrected chi connectivity index (χ1v) is 14.4. The van der Waals surface area contributed by atoms with Crippen LogP contribution in [0.1, 0.15) is 42.5 Å². The summed E-state index contributed by atoms with van der Waals surface area (Å²) in [5.41, 5.74) is 3.19. The number of hydrogen-bond donors (Lipinski definition) is 1. The van der Waals surface area contributed by atoms with E-state index in [0.717, 1.165) is 16.7 Å². The molecule has 4 rings (SSSR count). The van der Waals surface area contributed by atoms with Gasteiger partial charge in [0, 0.05) is 24.8 Å². The van der Waals surface area contributed by atoms with Crippen molar-refractivity contribution in [3.8, 4) is 11.5 Å². The van der Waals surface area contributed by atoms with E-state index in [9.17, 15) is 18.0 Å². The summed E-state index contributed by atoms with van der Waals surface area (Å²) in [7, 11) is -4.01. The summed E-state index contributed by atoms with van der Waals surface area (Å²) in [6, 6.07) is 18.5. The van der Waals surface area contributed by atoms with Crippen molar-refractivity contribution in [1.29, 1.82) is 0 Å². The van der Waals surface area contributed by atoms with Crippen LogP contribution in [0.5, 0.6) is 11.5 Å². The van der Waals surface area contributed by atoms with Crippen LogP contribution in [-0.2, 0) is 45.3 Å². The number of rotatable bonds is 12. The van der Waals surface area contributed by atoms with Crippen LogP contribution in [-0.4, -0.2) is 39.2 Å². The minimum absolute atomic E-state index is 0.0252. The van der Waals surface area contributed by atoms with E-state index in [2.05, 4.69) is 4.72 Å². The van der Waals surface area contributed by atoms with Gasteiger partial charge in [0.2, 0.25) is 10.0 Å². The Hall–Kier alpha value is -3.49. The average molecular weight is 536 g/mol. The third-order valence-electron chi connectivity index (χ3n) is 6.53. The minimum Gasteiger partial charge on any atom is -0.494 e. The lowest BCUT2D eigenvalue weighted by Crippen LogP contribution is -2.43. The molecule has 200 valence electrons. The van der Waals surface area contributed by atoms with Gasteiger partial charge in [-0.15, -0.1) is 0 Å². The number of hydrogen-bond acceptors (Lipinski definition) is 6. The molecule has 1 aliphatic rings. The van der Waals surface area contributed by atoms with Gasteiger partial charge in [-0.05, 0) is 73.7 Å². The summed E-state index contributed by atoms with van der Waals surface area (Å²) in [6.45, 7) is 4.65. The third kappa shape index (κ3) is 6.88. The molecule has 0 amide bonds. The van der Waals surface area contributed by atoms with Crippen LogP contribution in [0.2, 0.25) is 0 Å². The molecule has 38 heavy (non-hydrogen) atoms. The zero-order chi connectivity index (χ0) is 27.1. The topological polar surface area (TPSA) is 98.8 Å². The molecule has 0 aliphatic heterocycles. The van der Waals surface area contributed by atoms with Gasteiger partial charge in [-0.2, -0.15) is 0 Å². The predicted octanol–water partition coefficient (Wildman–Crippen LogP) is 4.24. The number of ether oxygens (including phenoxy) is 2. The van der Waals surface area contributed by atoms with Gasteiger partial charge < -0.3 is 9.47 Å². The summed E-state index contributed by atoms with van der Waals surface area (Å²) < 4.78 is 41.0. The van der Waals surface area contributed by atoms with Crippen LogP contribution in [0.4, 0.5) is 0 Å². The van der Waals surface area contributed by atoms with Gasteiger partial charge in [0.15, 0.2) is 5.78 Å². The maximum atomic E-state index is 13.7. The van der Waals surface area contributed by atoms with E-state index in [1.165, 1.54) is 6.07 Å². The number of aryl methyl sites for hydroxylation is 1. The predicted molar refractivity (Wildman–Crippen MR) is 145 cm³/mol. The molecule has 1 unspecified atom stereocenters. The number of carbonyl (C=O) groups excluding carboxylic acids is 2. The quantitative estimate of drug-likeness (QED) is 0.373. The second-order valence-corrected chi connectivity index (χ2v) is 11.0. The molecule has 1 atom stereocenters. The summed E-state index contributed by atoms with van der Waals surface area (Å²) in [5.74, 6) is 1.05. The highest BCUT2D eigenvalue weighted by Gasteiger charge is 2.28. The van der Waals surface area contributed by atoms with Crippen molar-refractivity contribution >= 4 is 21.6 Å². The maximum absolute atomic E-state index is 13.7. The molecule has 7 nitrogen and oxygen atoms in total. The highest BCUT2D eigenvalue weighted by molar-refractivity contribution is 7.89. The van der Waals surface area contributed by atoms with E-state index in [0.29, 0.717) is 49.5 Å². The molecule has 0 saturated carbocycles. The van der Waals surface area contributed by atoms with E-state index in [4.69, 9.17) is 9.47 Å². The fourth-order valence-electron chi connectivity index (χ4n) is 4.63. The Bertz CT molecular complexity index is 1400. The number of ketones is 2. The number of sulfonamides is 1. The van der Waals surface area contributed by atoms with Gasteiger partial charge in [-0.1, -0.05) is 36.4 Å². The molecule has 1 aliphatic carbocycles. The van der Waals surface area contributed by atoms with Crippen LogP contribution in [0.3, 0.4) is 0 Å². The van der Waals surface area contributed by atoms with E-state index < -0.39 is 16.1 Å². The van der Waals surface area contributed by atoms with Gasteiger partial charge >= 0.3 is 0 Å². The van der Waals surface area contributed by atoms with Gasteiger partial charge in [0.25, 0.3) is 0 Å². The number of Topliss-reactive ketones (excluding diaryl/α,β-unsaturated/α-hetero) is 2. The normalized spacial score (nSPS) is 14.0. The van der Waals surface area contributed by atoms with Crippen molar-refractivity contribution in [3.63, 3.8) is 0 Å². The van der Waals surface area contributed by atoms with Crippen LogP contribution >= 0.6 is 0 Å². The van der Waals surface area contributed by atoms with Crippen LogP contribution in [0.25, 0.3) is 0 Å². The Balaban J connectivity index is 1.62. The summed E-state index contributed by atoms with van der Waals surface area (Å²) in [6.07, 6.45) is 1.42. The lowest BCUT2D eigenvalue weighted by atomic mass is 9.91. The molecule has 3 aromatic carbocycles. The molecule has 3 aromatic rings. The maximum Gasteiger partial charge on any atom is 0.241 e. The first-order valence-electron chi connectivity index (χ1n) is 12.9. The van der Waals surface area contributed by atoms with Crippen molar-refractivity contribution < 1.29 is 27.5 Å². The summed E-state index contributed by atoms with van der Waals surface area (Å²) in [5, 5.41) is 0. The molecular formula is C30H33NO6S. The molecule has 1 N–H and O–H groups in total. The van der Waals surface area contributed by atoms with Gasteiger partial charge in [0.1, 0.15) is 17.3 Å². The number of carbonyl (C=O) groups is 2. The second-order valence-electron chi connectivity index (χ2n) is 9.29. The zero-order valence-corrected chi connectivity index (χ0v) is 22.6. The van der Waals surface area contributed by atoms with Gasteiger partial charge in [0.05, 0.1) is 24.2 Å². The van der Waals surface area contributed by atoms with Gasteiger partial charge in [-0.25, -0.2) is 13.1 Å². The monoisotopic (exact) mass is 535 g/mol. The zero-order valence-electron chi connectivity index (χ0n) is 21.7. The van der Waals surface area contributed by atoms with E-state index in [1.807, 2.05) is 44.2 Å². The number of benzene rings is 3. The average Bonchev–Trinajstić information content (AvgIpc) is 2.90. The van der Waals surface area contributed by atoms with E-state index in [1.54, 1.807) is 30.3 Å². The number of fused-ring (bicyclic) bond motifs is 1. The van der Waals surface area contributed by atoms with Crippen LogP contribution in [0.15, 0.2) is 71.6 Å². The largest absolute Gasteiger partial charge is 0.494 e. The standard InChI is InChI=1S/C30H33NO6S/c1-3-36-26-13-15-30(37-4-2)24(18-26)20-29(33)28(16-21-8-6-5-7-9-21)31-38(34,35)27-14-11-22-17-25(32)12-10-23(22)19-27/h5-9,11,13-15,18-19,28,31H,3-4,10,12,16-17,20H2,1-2H3. The smallest absolute Gasteiger partial charge is 0.241 e. The Morgan fingerprint density at radius 1 is 0.921 bits per heavy atom. The van der Waals surface area contributed by atoms with Crippen molar-refractivity contribution in [2.45, 2.75) is 56.9 Å². The first-order chi connectivity index (χ1) is 18.3. The fraction of sp³-hybridized carbons (Fsp3) is 0.333. The molecule has 0 heterocycles. The molecule has 0 saturated heterocycles. The summed E-state index contributed by atoms with van der Waals surface area (Å²) in [4.78, 5) is 25.5. The molecule has 0 radical (unpaired) electrons. The van der Waals surface area contributed by atoms with Crippen molar-refractivity contribution in [3.05, 3.63) is 89.0 Å². The lowest BCUT2D eigenvalue weighted by molar-refractivity contribution is -0.120. The highest BCUT2D eigenvalue weighted by atomic mass is 32.2. The first kappa shape index (κ1) is 27.5. The highest BCUT2D eigenvalue weighted by Crippen LogP contribution is 2.27. The third-order valence-corrected chi connectivity index (χ3v) is 7.99. The van der Waals surface area contributed by atoms with E-state index in [-0.39, 0.29) is 29.3 Å². The Labute approximate surface area is 224 Å². The van der Waals surface area contributed by atoms with E-state index >= 15 is 0 Å². The SMILES string of the molecule is CCOc1ccc(OCC)c(CC(=O)C(Cc2ccccc2)NS(=O)(=O)c2ccc3c(c2)CCC(=O)C3)c1.